The molecule has 6 nitrogen and oxygen atoms in total. The lowest BCUT2D eigenvalue weighted by Crippen LogP contribution is -2.26. The predicted octanol–water partition coefficient (Wildman–Crippen LogP) is 1.47. The minimum absolute atomic E-state index is 0.0272. The van der Waals surface area contributed by atoms with E-state index in [1.165, 1.54) is 18.2 Å². The van der Waals surface area contributed by atoms with Crippen LogP contribution in [0.1, 0.15) is 0 Å². The Kier molecular flexibility index (Phi) is 4.79. The van der Waals surface area contributed by atoms with Gasteiger partial charge in [-0.2, -0.15) is 17.2 Å². The van der Waals surface area contributed by atoms with Gasteiger partial charge < -0.3 is 9.47 Å². The van der Waals surface area contributed by atoms with Gasteiger partial charge in [-0.1, -0.05) is 6.07 Å². The molecule has 0 aliphatic carbocycles. The fourth-order valence-electron chi connectivity index (χ4n) is 1.69. The zero-order chi connectivity index (χ0) is 15.5. The highest BCUT2D eigenvalue weighted by atomic mass is 32.3. The van der Waals surface area contributed by atoms with E-state index in [0.717, 1.165) is 6.07 Å². The topological polar surface area (TPSA) is 82.0 Å². The lowest BCUT2D eigenvalue weighted by molar-refractivity contribution is -0.0499. The summed E-state index contributed by atoms with van der Waals surface area (Å²) in [5.74, 6) is -0.248. The minimum Gasteiger partial charge on any atom is -0.435 e. The maximum absolute atomic E-state index is 12.3. The van der Waals surface area contributed by atoms with E-state index in [2.05, 4.69) is 8.50 Å². The highest BCUT2D eigenvalue weighted by molar-refractivity contribution is 8.03. The van der Waals surface area contributed by atoms with Crippen LogP contribution in [0.5, 0.6) is 5.75 Å². The van der Waals surface area contributed by atoms with Crippen molar-refractivity contribution < 1.29 is 30.9 Å². The number of hydrogen-bond acceptors (Lipinski definition) is 5. The van der Waals surface area contributed by atoms with Gasteiger partial charge in [0.05, 0.1) is 39.3 Å². The molecule has 10 heteroatoms. The Labute approximate surface area is 121 Å². The molecular weight excluding hydrogens is 328 g/mol. The highest BCUT2D eigenvalue weighted by Gasteiger charge is 2.22. The van der Waals surface area contributed by atoms with E-state index in [-0.39, 0.29) is 35.4 Å². The fraction of sp³-hybridized carbons (Fsp3) is 0.455. The van der Waals surface area contributed by atoms with Crippen molar-refractivity contribution in [3.05, 3.63) is 24.3 Å². The lowest BCUT2D eigenvalue weighted by Gasteiger charge is -2.15. The van der Waals surface area contributed by atoms with Crippen molar-refractivity contribution in [1.82, 2.24) is 0 Å². The number of sulfonamides is 1. The molecule has 0 saturated carbocycles. The van der Waals surface area contributed by atoms with Gasteiger partial charge in [-0.05, 0) is 12.1 Å². The van der Waals surface area contributed by atoms with Crippen molar-refractivity contribution in [3.63, 3.8) is 0 Å². The number of benzene rings is 1. The van der Waals surface area contributed by atoms with Crippen molar-refractivity contribution >= 4 is 19.8 Å². The van der Waals surface area contributed by atoms with Crippen LogP contribution < -0.4 is 4.74 Å². The van der Waals surface area contributed by atoms with Crippen LogP contribution in [-0.2, 0) is 24.5 Å². The number of rotatable bonds is 4. The monoisotopic (exact) mass is 341 g/mol. The largest absolute Gasteiger partial charge is 0.435 e. The Morgan fingerprint density at radius 1 is 1.29 bits per heavy atom. The summed E-state index contributed by atoms with van der Waals surface area (Å²) in [6, 6.07) is 4.54. The van der Waals surface area contributed by atoms with Gasteiger partial charge >= 0.3 is 6.61 Å². The predicted molar refractivity (Wildman–Crippen MR) is 71.4 cm³/mol. The van der Waals surface area contributed by atoms with E-state index in [4.69, 9.17) is 4.74 Å². The molecule has 0 amide bonds. The van der Waals surface area contributed by atoms with Crippen LogP contribution in [0.25, 0.3) is 0 Å². The van der Waals surface area contributed by atoms with Gasteiger partial charge in [0.15, 0.2) is 0 Å². The van der Waals surface area contributed by atoms with Gasteiger partial charge in [-0.15, -0.1) is 3.77 Å². The molecule has 21 heavy (non-hydrogen) atoms. The summed E-state index contributed by atoms with van der Waals surface area (Å²) in [7, 11) is -7.12. The van der Waals surface area contributed by atoms with Crippen LogP contribution in [-0.4, -0.2) is 44.0 Å². The molecule has 0 spiro atoms. The van der Waals surface area contributed by atoms with Crippen molar-refractivity contribution in [2.24, 2.45) is 3.77 Å². The van der Waals surface area contributed by atoms with Gasteiger partial charge in [0.2, 0.25) is 0 Å². The molecule has 0 unspecified atom stereocenters. The second-order valence-corrected chi connectivity index (χ2v) is 8.58. The third-order valence-electron chi connectivity index (χ3n) is 2.66. The molecule has 0 atom stereocenters. The van der Waals surface area contributed by atoms with Crippen molar-refractivity contribution in [1.29, 1.82) is 0 Å². The highest BCUT2D eigenvalue weighted by Crippen LogP contribution is 2.22. The summed E-state index contributed by atoms with van der Waals surface area (Å²) in [5, 5.41) is 0. The van der Waals surface area contributed by atoms with Crippen LogP contribution in [0, 0.1) is 0 Å². The fourth-order valence-corrected chi connectivity index (χ4v) is 5.54. The first-order valence-electron chi connectivity index (χ1n) is 5.92. The van der Waals surface area contributed by atoms with Gasteiger partial charge in [0.1, 0.15) is 5.75 Å². The number of alkyl halides is 2. The Morgan fingerprint density at radius 2 is 1.95 bits per heavy atom. The third kappa shape index (κ3) is 4.35. The molecule has 118 valence electrons. The SMILES string of the molecule is O=S(=O)(N=S1(=O)CCOCC1)c1cccc(OC(F)F)c1. The molecule has 0 N–H and O–H groups in total. The van der Waals surface area contributed by atoms with Crippen molar-refractivity contribution in [2.45, 2.75) is 11.5 Å². The molecule has 1 aromatic carbocycles. The Bertz CT molecular complexity index is 714. The van der Waals surface area contributed by atoms with E-state index >= 15 is 0 Å². The molecule has 1 saturated heterocycles. The van der Waals surface area contributed by atoms with E-state index in [9.17, 15) is 21.4 Å². The maximum atomic E-state index is 12.3. The van der Waals surface area contributed by atoms with E-state index in [0.29, 0.717) is 0 Å². The maximum Gasteiger partial charge on any atom is 0.387 e. The second-order valence-electron chi connectivity index (χ2n) is 4.20. The summed E-state index contributed by atoms with van der Waals surface area (Å²) < 4.78 is 73.4. The van der Waals surface area contributed by atoms with Crippen molar-refractivity contribution in [2.75, 3.05) is 24.7 Å². The first-order chi connectivity index (χ1) is 9.81. The lowest BCUT2D eigenvalue weighted by atomic mass is 10.3. The molecule has 1 fully saturated rings. The number of nitrogens with zero attached hydrogens (tertiary/aromatic N) is 1. The second kappa shape index (κ2) is 6.24. The number of ether oxygens (including phenoxy) is 2. The van der Waals surface area contributed by atoms with Crippen molar-refractivity contribution in [3.8, 4) is 5.75 Å². The summed E-state index contributed by atoms with van der Waals surface area (Å²) in [5.41, 5.74) is 0. The molecule has 1 aromatic rings. The number of halogens is 2. The standard InChI is InChI=1S/C11H13F2NO5S2/c12-11(13)19-9-2-1-3-10(8-9)21(16,17)14-20(15)6-4-18-5-7-20/h1-3,8,11H,4-7H2. The molecule has 2 rings (SSSR count). The first-order valence-corrected chi connectivity index (χ1v) is 9.21. The Morgan fingerprint density at radius 3 is 2.57 bits per heavy atom. The van der Waals surface area contributed by atoms with Crippen LogP contribution in [0.15, 0.2) is 32.9 Å². The van der Waals surface area contributed by atoms with Gasteiger partial charge in [-0.3, -0.25) is 0 Å². The summed E-state index contributed by atoms with van der Waals surface area (Å²) in [6.45, 7) is -2.72. The average molecular weight is 341 g/mol. The minimum atomic E-state index is -4.21. The quantitative estimate of drug-likeness (QED) is 0.828. The molecule has 1 heterocycles. The van der Waals surface area contributed by atoms with Crippen LogP contribution >= 0.6 is 0 Å². The van der Waals surface area contributed by atoms with E-state index < -0.39 is 26.4 Å². The van der Waals surface area contributed by atoms with Crippen LogP contribution in [0.2, 0.25) is 0 Å². The van der Waals surface area contributed by atoms with Gasteiger partial charge in [0, 0.05) is 6.07 Å². The summed E-state index contributed by atoms with van der Waals surface area (Å²) >= 11 is 0. The van der Waals surface area contributed by atoms with Crippen LogP contribution in [0.3, 0.4) is 0 Å². The molecule has 0 bridgehead atoms. The van der Waals surface area contributed by atoms with Gasteiger partial charge in [0.25, 0.3) is 10.0 Å². The molecule has 0 aromatic heterocycles. The van der Waals surface area contributed by atoms with Crippen LogP contribution in [0.4, 0.5) is 8.78 Å². The third-order valence-corrected chi connectivity index (χ3v) is 6.99. The smallest absolute Gasteiger partial charge is 0.387 e. The van der Waals surface area contributed by atoms with E-state index in [1.54, 1.807) is 0 Å². The summed E-state index contributed by atoms with van der Waals surface area (Å²) in [6.07, 6.45) is 0. The summed E-state index contributed by atoms with van der Waals surface area (Å²) in [4.78, 5) is -0.338. The zero-order valence-electron chi connectivity index (χ0n) is 10.8. The molecular formula is C11H13F2NO5S2. The number of hydrogen-bond donors (Lipinski definition) is 0. The van der Waals surface area contributed by atoms with Gasteiger partial charge in [-0.25, -0.2) is 4.21 Å². The average Bonchev–Trinajstić information content (AvgIpc) is 2.38. The normalized spacial score (nSPS) is 18.4. The first kappa shape index (κ1) is 16.1. The Balaban J connectivity index is 2.36. The molecule has 1 aliphatic heterocycles. The zero-order valence-corrected chi connectivity index (χ0v) is 12.4. The molecule has 1 aliphatic rings. The molecule has 0 radical (unpaired) electrons. The Hall–Kier alpha value is -1.26. The van der Waals surface area contributed by atoms with E-state index in [1.807, 2.05) is 0 Å².